The van der Waals surface area contributed by atoms with E-state index in [-0.39, 0.29) is 5.82 Å². The Labute approximate surface area is 122 Å². The molecule has 0 radical (unpaired) electrons. The summed E-state index contributed by atoms with van der Waals surface area (Å²) in [5.41, 5.74) is 7.51. The van der Waals surface area contributed by atoms with Crippen LogP contribution in [0.3, 0.4) is 0 Å². The third-order valence-electron chi connectivity index (χ3n) is 3.98. The number of benzene rings is 1. The second-order valence-electron chi connectivity index (χ2n) is 5.35. The van der Waals surface area contributed by atoms with Gasteiger partial charge in [-0.3, -0.25) is 0 Å². The standard InChI is InChI=1S/C14H20FIN2/c1-9-3-5-10(6-4-9)18(2)14-7-11(15)12(16)8-13(14)17/h7-10H,3-6,17H2,1-2H3. The van der Waals surface area contributed by atoms with E-state index in [9.17, 15) is 4.39 Å². The molecule has 0 spiro atoms. The Morgan fingerprint density at radius 2 is 1.89 bits per heavy atom. The summed E-state index contributed by atoms with van der Waals surface area (Å²) >= 11 is 1.97. The minimum absolute atomic E-state index is 0.184. The molecule has 1 aliphatic rings. The second kappa shape index (κ2) is 5.63. The number of nitrogens with two attached hydrogens (primary N) is 1. The lowest BCUT2D eigenvalue weighted by molar-refractivity contribution is 0.341. The fraction of sp³-hybridized carbons (Fsp3) is 0.571. The van der Waals surface area contributed by atoms with Gasteiger partial charge in [0.2, 0.25) is 0 Å². The van der Waals surface area contributed by atoms with Gasteiger partial charge < -0.3 is 10.6 Å². The van der Waals surface area contributed by atoms with Crippen LogP contribution in [0.2, 0.25) is 0 Å². The smallest absolute Gasteiger partial charge is 0.138 e. The maximum atomic E-state index is 13.7. The Kier molecular flexibility index (Phi) is 4.35. The fourth-order valence-electron chi connectivity index (χ4n) is 2.68. The first-order valence-electron chi connectivity index (χ1n) is 6.46. The van der Waals surface area contributed by atoms with Crippen LogP contribution in [-0.4, -0.2) is 13.1 Å². The molecule has 0 saturated heterocycles. The van der Waals surface area contributed by atoms with Crippen molar-refractivity contribution in [2.24, 2.45) is 5.92 Å². The number of anilines is 2. The van der Waals surface area contributed by atoms with E-state index >= 15 is 0 Å². The molecule has 1 aliphatic carbocycles. The quantitative estimate of drug-likeness (QED) is 0.636. The normalized spacial score (nSPS) is 24.0. The fourth-order valence-corrected chi connectivity index (χ4v) is 3.17. The minimum atomic E-state index is -0.184. The molecule has 0 unspecified atom stereocenters. The first-order valence-corrected chi connectivity index (χ1v) is 7.54. The summed E-state index contributed by atoms with van der Waals surface area (Å²) in [6.07, 6.45) is 4.85. The highest BCUT2D eigenvalue weighted by molar-refractivity contribution is 14.1. The highest BCUT2D eigenvalue weighted by Crippen LogP contribution is 2.33. The van der Waals surface area contributed by atoms with Gasteiger partial charge in [0.05, 0.1) is 14.9 Å². The van der Waals surface area contributed by atoms with Crippen molar-refractivity contribution in [2.45, 2.75) is 38.6 Å². The van der Waals surface area contributed by atoms with Crippen LogP contribution in [-0.2, 0) is 0 Å². The summed E-state index contributed by atoms with van der Waals surface area (Å²) in [6, 6.07) is 3.77. The predicted octanol–water partition coefficient (Wildman–Crippen LogP) is 4.03. The van der Waals surface area contributed by atoms with Crippen molar-refractivity contribution in [1.29, 1.82) is 0 Å². The van der Waals surface area contributed by atoms with Gasteiger partial charge in [0.25, 0.3) is 0 Å². The van der Waals surface area contributed by atoms with E-state index in [2.05, 4.69) is 11.8 Å². The first kappa shape index (κ1) is 13.9. The van der Waals surface area contributed by atoms with Crippen molar-refractivity contribution >= 4 is 34.0 Å². The average molecular weight is 362 g/mol. The van der Waals surface area contributed by atoms with Gasteiger partial charge in [-0.1, -0.05) is 6.92 Å². The summed E-state index contributed by atoms with van der Waals surface area (Å²) in [5.74, 6) is 0.635. The van der Waals surface area contributed by atoms with Crippen LogP contribution in [0.25, 0.3) is 0 Å². The van der Waals surface area contributed by atoms with Gasteiger partial charge in [-0.15, -0.1) is 0 Å². The maximum absolute atomic E-state index is 13.7. The number of hydrogen-bond donors (Lipinski definition) is 1. The zero-order chi connectivity index (χ0) is 13.3. The van der Waals surface area contributed by atoms with Crippen molar-refractivity contribution in [1.82, 2.24) is 0 Å². The summed E-state index contributed by atoms with van der Waals surface area (Å²) in [6.45, 7) is 2.30. The van der Waals surface area contributed by atoms with Gasteiger partial charge in [0, 0.05) is 19.2 Å². The van der Waals surface area contributed by atoms with E-state index in [1.165, 1.54) is 25.7 Å². The van der Waals surface area contributed by atoms with Crippen LogP contribution in [0, 0.1) is 15.3 Å². The van der Waals surface area contributed by atoms with Gasteiger partial charge in [-0.2, -0.15) is 0 Å². The Hall–Kier alpha value is -0.520. The van der Waals surface area contributed by atoms with Crippen LogP contribution in [0.1, 0.15) is 32.6 Å². The molecule has 0 amide bonds. The monoisotopic (exact) mass is 362 g/mol. The number of hydrogen-bond acceptors (Lipinski definition) is 2. The molecule has 1 aromatic rings. The Morgan fingerprint density at radius 3 is 2.50 bits per heavy atom. The van der Waals surface area contributed by atoms with E-state index in [4.69, 9.17) is 5.73 Å². The molecule has 0 aliphatic heterocycles. The summed E-state index contributed by atoms with van der Waals surface area (Å²) in [7, 11) is 2.03. The number of halogens is 2. The lowest BCUT2D eigenvalue weighted by Crippen LogP contribution is -2.35. The number of nitrogen functional groups attached to an aromatic ring is 1. The Balaban J connectivity index is 2.18. The Bertz CT molecular complexity index is 428. The molecule has 2 nitrogen and oxygen atoms in total. The summed E-state index contributed by atoms with van der Waals surface area (Å²) in [5, 5.41) is 0. The molecule has 1 saturated carbocycles. The number of rotatable bonds is 2. The minimum Gasteiger partial charge on any atom is -0.397 e. The van der Waals surface area contributed by atoms with Gasteiger partial charge in [-0.05, 0) is 60.3 Å². The molecule has 0 bridgehead atoms. The zero-order valence-corrected chi connectivity index (χ0v) is 13.1. The molecule has 2 rings (SSSR count). The van der Waals surface area contributed by atoms with E-state index in [0.29, 0.717) is 15.3 Å². The molecule has 0 atom stereocenters. The highest BCUT2D eigenvalue weighted by Gasteiger charge is 2.23. The molecule has 1 aromatic carbocycles. The third kappa shape index (κ3) is 2.90. The van der Waals surface area contributed by atoms with E-state index in [0.717, 1.165) is 11.6 Å². The first-order chi connectivity index (χ1) is 8.49. The molecule has 1 fully saturated rings. The third-order valence-corrected chi connectivity index (χ3v) is 4.81. The molecular formula is C14H20FIN2. The highest BCUT2D eigenvalue weighted by atomic mass is 127. The van der Waals surface area contributed by atoms with Crippen LogP contribution < -0.4 is 10.6 Å². The van der Waals surface area contributed by atoms with Crippen molar-refractivity contribution in [2.75, 3.05) is 17.7 Å². The molecule has 18 heavy (non-hydrogen) atoms. The van der Waals surface area contributed by atoms with E-state index in [1.54, 1.807) is 12.1 Å². The van der Waals surface area contributed by atoms with Crippen LogP contribution in [0.15, 0.2) is 12.1 Å². The Morgan fingerprint density at radius 1 is 1.28 bits per heavy atom. The SMILES string of the molecule is CC1CCC(N(C)c2cc(F)c(I)cc2N)CC1. The molecule has 2 N–H and O–H groups in total. The van der Waals surface area contributed by atoms with Crippen molar-refractivity contribution in [3.05, 3.63) is 21.5 Å². The van der Waals surface area contributed by atoms with Crippen molar-refractivity contribution in [3.8, 4) is 0 Å². The summed E-state index contributed by atoms with van der Waals surface area (Å²) < 4.78 is 14.2. The average Bonchev–Trinajstić information content (AvgIpc) is 2.34. The topological polar surface area (TPSA) is 29.3 Å². The molecule has 4 heteroatoms. The van der Waals surface area contributed by atoms with Gasteiger partial charge in [-0.25, -0.2) is 4.39 Å². The zero-order valence-electron chi connectivity index (χ0n) is 10.9. The lowest BCUT2D eigenvalue weighted by atomic mass is 9.86. The number of nitrogens with zero attached hydrogens (tertiary/aromatic N) is 1. The molecule has 0 heterocycles. The van der Waals surface area contributed by atoms with Crippen LogP contribution in [0.5, 0.6) is 0 Å². The molecule has 100 valence electrons. The largest absolute Gasteiger partial charge is 0.397 e. The maximum Gasteiger partial charge on any atom is 0.138 e. The second-order valence-corrected chi connectivity index (χ2v) is 6.51. The van der Waals surface area contributed by atoms with Crippen molar-refractivity contribution < 1.29 is 4.39 Å². The molecule has 0 aromatic heterocycles. The van der Waals surface area contributed by atoms with Crippen molar-refractivity contribution in [3.63, 3.8) is 0 Å². The van der Waals surface area contributed by atoms with Gasteiger partial charge in [0.1, 0.15) is 5.82 Å². The molecular weight excluding hydrogens is 342 g/mol. The van der Waals surface area contributed by atoms with Gasteiger partial charge in [0.15, 0.2) is 0 Å². The van der Waals surface area contributed by atoms with E-state index < -0.39 is 0 Å². The summed E-state index contributed by atoms with van der Waals surface area (Å²) in [4.78, 5) is 2.15. The van der Waals surface area contributed by atoms with Crippen LogP contribution in [0.4, 0.5) is 15.8 Å². The van der Waals surface area contributed by atoms with E-state index in [1.807, 2.05) is 29.6 Å². The van der Waals surface area contributed by atoms with Gasteiger partial charge >= 0.3 is 0 Å². The lowest BCUT2D eigenvalue weighted by Gasteiger charge is -2.35. The predicted molar refractivity (Wildman–Crippen MR) is 83.4 cm³/mol. The van der Waals surface area contributed by atoms with Crippen LogP contribution >= 0.6 is 22.6 Å².